The lowest BCUT2D eigenvalue weighted by molar-refractivity contribution is -0.137. The summed E-state index contributed by atoms with van der Waals surface area (Å²) in [6.07, 6.45) is -1.17. The minimum atomic E-state index is -1.12. The van der Waals surface area contributed by atoms with Gasteiger partial charge in [-0.25, -0.2) is 9.59 Å². The smallest absolute Gasteiger partial charge is 0.323 e. The Bertz CT molecular complexity index is 317. The van der Waals surface area contributed by atoms with Gasteiger partial charge in [0.05, 0.1) is 0 Å². The monoisotopic (exact) mass is 200 g/mol. The van der Waals surface area contributed by atoms with Crippen molar-refractivity contribution in [1.29, 1.82) is 0 Å². The van der Waals surface area contributed by atoms with Crippen molar-refractivity contribution in [2.24, 2.45) is 0 Å². The molecule has 0 aromatic heterocycles. The number of aliphatic carboxylic acids is 1. The predicted octanol–water partition coefficient (Wildman–Crippen LogP) is -1.94. The first-order valence-electron chi connectivity index (χ1n) is 3.94. The third-order valence-electron chi connectivity index (χ3n) is 2.06. The van der Waals surface area contributed by atoms with Gasteiger partial charge < -0.3 is 21.1 Å². The molecule has 8 heteroatoms. The Hall–Kier alpha value is -1.99. The van der Waals surface area contributed by atoms with Gasteiger partial charge in [-0.05, 0) is 0 Å². The highest BCUT2D eigenvalue weighted by Gasteiger charge is 2.45. The molecular weight excluding hydrogens is 192 g/mol. The van der Waals surface area contributed by atoms with Crippen LogP contribution in [0.1, 0.15) is 0 Å². The molecule has 4 N–H and O–H groups in total. The summed E-state index contributed by atoms with van der Waals surface area (Å²) in [6.45, 7) is -0.436. The molecule has 0 spiro atoms. The molecule has 2 heterocycles. The maximum absolute atomic E-state index is 11.2. The zero-order chi connectivity index (χ0) is 10.3. The second kappa shape index (κ2) is 2.76. The SMILES string of the molecule is O=C(O)CN1C(=O)N[C@H]2NC(=O)N[C@@H]21. The van der Waals surface area contributed by atoms with E-state index in [1.165, 1.54) is 0 Å². The predicted molar refractivity (Wildman–Crippen MR) is 42.1 cm³/mol. The lowest BCUT2D eigenvalue weighted by atomic mass is 10.4. The van der Waals surface area contributed by atoms with Gasteiger partial charge in [0.25, 0.3) is 0 Å². The number of rotatable bonds is 2. The molecule has 2 fully saturated rings. The van der Waals surface area contributed by atoms with Gasteiger partial charge in [-0.15, -0.1) is 0 Å². The molecule has 0 aliphatic carbocycles. The molecule has 4 amide bonds. The van der Waals surface area contributed by atoms with Crippen molar-refractivity contribution >= 4 is 18.0 Å². The highest BCUT2D eigenvalue weighted by atomic mass is 16.4. The quantitative estimate of drug-likeness (QED) is 0.415. The molecule has 0 aromatic carbocycles. The molecular formula is C6H8N4O4. The van der Waals surface area contributed by atoms with Gasteiger partial charge in [0.15, 0.2) is 0 Å². The van der Waals surface area contributed by atoms with Crippen LogP contribution in [0.15, 0.2) is 0 Å². The average molecular weight is 200 g/mol. The van der Waals surface area contributed by atoms with Crippen LogP contribution in [0.4, 0.5) is 9.59 Å². The fourth-order valence-electron chi connectivity index (χ4n) is 1.51. The van der Waals surface area contributed by atoms with Crippen LogP contribution in [-0.4, -0.2) is 46.9 Å². The fourth-order valence-corrected chi connectivity index (χ4v) is 1.51. The Kier molecular flexibility index (Phi) is 1.69. The van der Waals surface area contributed by atoms with Crippen molar-refractivity contribution < 1.29 is 19.5 Å². The number of amides is 4. The first-order valence-corrected chi connectivity index (χ1v) is 3.94. The van der Waals surface area contributed by atoms with Crippen molar-refractivity contribution in [2.75, 3.05) is 6.54 Å². The molecule has 2 aliphatic rings. The van der Waals surface area contributed by atoms with E-state index in [0.717, 1.165) is 4.90 Å². The summed E-state index contributed by atoms with van der Waals surface area (Å²) in [7, 11) is 0. The van der Waals surface area contributed by atoms with Gasteiger partial charge in [0, 0.05) is 0 Å². The highest BCUT2D eigenvalue weighted by molar-refractivity contribution is 5.87. The average Bonchev–Trinajstić information content (AvgIpc) is 2.51. The van der Waals surface area contributed by atoms with Crippen LogP contribution in [0.5, 0.6) is 0 Å². The number of fused-ring (bicyclic) bond motifs is 1. The van der Waals surface area contributed by atoms with Gasteiger partial charge in [-0.3, -0.25) is 9.69 Å². The number of hydrogen-bond donors (Lipinski definition) is 4. The standard InChI is InChI=1S/C6H8N4O4/c11-2(12)1-10-4-3(8-6(10)14)7-5(13)9-4/h3-4H,1H2,(H,8,14)(H,11,12)(H2,7,9,13)/t3-,4-/m1/s1. The second-order valence-electron chi connectivity index (χ2n) is 3.01. The van der Waals surface area contributed by atoms with E-state index in [-0.39, 0.29) is 0 Å². The van der Waals surface area contributed by atoms with Crippen molar-refractivity contribution in [3.8, 4) is 0 Å². The van der Waals surface area contributed by atoms with Gasteiger partial charge in [-0.2, -0.15) is 0 Å². The van der Waals surface area contributed by atoms with Crippen molar-refractivity contribution in [3.63, 3.8) is 0 Å². The Labute approximate surface area is 78.2 Å². The van der Waals surface area contributed by atoms with Gasteiger partial charge in [-0.1, -0.05) is 0 Å². The van der Waals surface area contributed by atoms with E-state index in [2.05, 4.69) is 16.0 Å². The second-order valence-corrected chi connectivity index (χ2v) is 3.01. The molecule has 76 valence electrons. The topological polar surface area (TPSA) is 111 Å². The Morgan fingerprint density at radius 2 is 2.07 bits per heavy atom. The molecule has 0 radical (unpaired) electrons. The number of carboxylic acids is 1. The first-order chi connectivity index (χ1) is 6.58. The molecule has 0 bridgehead atoms. The maximum Gasteiger partial charge on any atom is 0.323 e. The molecule has 2 aliphatic heterocycles. The minimum absolute atomic E-state index is 0.421. The summed E-state index contributed by atoms with van der Waals surface area (Å²) in [6, 6.07) is -0.926. The Morgan fingerprint density at radius 1 is 1.36 bits per heavy atom. The van der Waals surface area contributed by atoms with E-state index in [4.69, 9.17) is 5.11 Å². The number of carbonyl (C=O) groups excluding carboxylic acids is 2. The Balaban J connectivity index is 2.12. The number of hydrogen-bond acceptors (Lipinski definition) is 3. The van der Waals surface area contributed by atoms with Crippen LogP contribution >= 0.6 is 0 Å². The zero-order valence-electron chi connectivity index (χ0n) is 6.98. The number of carboxylic acid groups (broad SMARTS) is 1. The van der Waals surface area contributed by atoms with Crippen LogP contribution in [0.25, 0.3) is 0 Å². The molecule has 0 unspecified atom stereocenters. The number of nitrogens with zero attached hydrogens (tertiary/aromatic N) is 1. The molecule has 2 rings (SSSR count). The lowest BCUT2D eigenvalue weighted by Gasteiger charge is -2.18. The normalized spacial score (nSPS) is 29.3. The molecule has 14 heavy (non-hydrogen) atoms. The van der Waals surface area contributed by atoms with E-state index < -0.39 is 36.9 Å². The number of carbonyl (C=O) groups is 3. The summed E-state index contributed by atoms with van der Waals surface area (Å²) in [5, 5.41) is 15.8. The minimum Gasteiger partial charge on any atom is -0.480 e. The summed E-state index contributed by atoms with van der Waals surface area (Å²) in [5.41, 5.74) is 0. The van der Waals surface area contributed by atoms with Crippen LogP contribution in [-0.2, 0) is 4.79 Å². The largest absolute Gasteiger partial charge is 0.480 e. The van der Waals surface area contributed by atoms with Crippen molar-refractivity contribution in [1.82, 2.24) is 20.9 Å². The third-order valence-corrected chi connectivity index (χ3v) is 2.06. The van der Waals surface area contributed by atoms with Gasteiger partial charge in [0.1, 0.15) is 18.9 Å². The summed E-state index contributed by atoms with van der Waals surface area (Å²) in [5.74, 6) is -1.12. The number of nitrogens with one attached hydrogen (secondary N) is 3. The summed E-state index contributed by atoms with van der Waals surface area (Å²) in [4.78, 5) is 33.5. The van der Waals surface area contributed by atoms with Crippen molar-refractivity contribution in [3.05, 3.63) is 0 Å². The molecule has 8 nitrogen and oxygen atoms in total. The maximum atomic E-state index is 11.2. The molecule has 2 saturated heterocycles. The number of urea groups is 2. The van der Waals surface area contributed by atoms with E-state index in [1.54, 1.807) is 0 Å². The lowest BCUT2D eigenvalue weighted by Crippen LogP contribution is -2.45. The van der Waals surface area contributed by atoms with Gasteiger partial charge in [0.2, 0.25) is 0 Å². The molecule has 2 atom stereocenters. The van der Waals surface area contributed by atoms with E-state index in [1.807, 2.05) is 0 Å². The van der Waals surface area contributed by atoms with E-state index in [9.17, 15) is 14.4 Å². The zero-order valence-corrected chi connectivity index (χ0v) is 6.98. The van der Waals surface area contributed by atoms with Crippen molar-refractivity contribution in [2.45, 2.75) is 12.3 Å². The first kappa shape index (κ1) is 8.60. The van der Waals surface area contributed by atoms with E-state index >= 15 is 0 Å². The van der Waals surface area contributed by atoms with Crippen LogP contribution in [0.2, 0.25) is 0 Å². The Morgan fingerprint density at radius 3 is 2.71 bits per heavy atom. The highest BCUT2D eigenvalue weighted by Crippen LogP contribution is 2.12. The van der Waals surface area contributed by atoms with Crippen LogP contribution < -0.4 is 16.0 Å². The van der Waals surface area contributed by atoms with Crippen LogP contribution in [0, 0.1) is 0 Å². The molecule has 0 saturated carbocycles. The fraction of sp³-hybridized carbons (Fsp3) is 0.500. The molecule has 0 aromatic rings. The summed E-state index contributed by atoms with van der Waals surface area (Å²) >= 11 is 0. The van der Waals surface area contributed by atoms with Crippen LogP contribution in [0.3, 0.4) is 0 Å². The third kappa shape index (κ3) is 1.20. The summed E-state index contributed by atoms with van der Waals surface area (Å²) < 4.78 is 0. The van der Waals surface area contributed by atoms with E-state index in [0.29, 0.717) is 0 Å². The van der Waals surface area contributed by atoms with Gasteiger partial charge >= 0.3 is 18.0 Å².